The molecule has 0 saturated heterocycles. The first-order valence-electron chi connectivity index (χ1n) is 14.1. The monoisotopic (exact) mass is 569 g/mol. The van der Waals surface area contributed by atoms with Gasteiger partial charge in [0.1, 0.15) is 5.60 Å². The van der Waals surface area contributed by atoms with Crippen molar-refractivity contribution in [2.24, 2.45) is 17.8 Å². The minimum atomic E-state index is -3.70. The number of aliphatic carboxylic acids is 1. The summed E-state index contributed by atoms with van der Waals surface area (Å²) in [6.45, 7) is 4.83. The Morgan fingerprint density at radius 2 is 1.57 bits per heavy atom. The first-order chi connectivity index (χ1) is 18.8. The van der Waals surface area contributed by atoms with Crippen molar-refractivity contribution in [1.82, 2.24) is 5.32 Å². The van der Waals surface area contributed by atoms with Crippen LogP contribution < -0.4 is 5.32 Å². The number of carbonyl (C=O) groups is 2. The predicted molar refractivity (Wildman–Crippen MR) is 149 cm³/mol. The molecule has 2 aromatic carbocycles. The summed E-state index contributed by atoms with van der Waals surface area (Å²) in [5, 5.41) is 11.7. The Hall–Kier alpha value is -2.91. The van der Waals surface area contributed by atoms with Crippen LogP contribution in [0.5, 0.6) is 0 Å². The minimum Gasteiger partial charge on any atom is -0.480 e. The van der Waals surface area contributed by atoms with E-state index in [4.69, 9.17) is 9.47 Å². The van der Waals surface area contributed by atoms with Crippen LogP contribution in [0.15, 0.2) is 58.3 Å². The third kappa shape index (κ3) is 6.20. The average molecular weight is 570 g/mol. The zero-order chi connectivity index (χ0) is 28.7. The summed E-state index contributed by atoms with van der Waals surface area (Å²) >= 11 is 0. The highest BCUT2D eigenvalue weighted by Gasteiger charge is 2.51. The molecule has 6 rings (SSSR count). The van der Waals surface area contributed by atoms with E-state index in [-0.39, 0.29) is 23.5 Å². The van der Waals surface area contributed by atoms with E-state index in [1.165, 1.54) is 44.1 Å². The highest BCUT2D eigenvalue weighted by atomic mass is 32.2. The standard InChI is InChI=1S/C31H39NO7S/c1-30(2,3)39-29(35)32-27(28(33)34)19-38-18-20-7-9-25(10-8-20)40(36,37)26-6-4-5-24(14-26)31-15-21-11-22(16-31)13-23(12-21)17-31/h4-10,14,21-23,27H,11-13,15-19H2,1-3H3,(H,32,35)(H,33,34). The maximum absolute atomic E-state index is 13.6. The van der Waals surface area contributed by atoms with Gasteiger partial charge in [-0.05, 0) is 118 Å². The third-order valence-electron chi connectivity index (χ3n) is 8.57. The van der Waals surface area contributed by atoms with E-state index in [2.05, 4.69) is 11.4 Å². The van der Waals surface area contributed by atoms with Crippen molar-refractivity contribution in [1.29, 1.82) is 0 Å². The van der Waals surface area contributed by atoms with Crippen LogP contribution in [0.4, 0.5) is 4.79 Å². The molecule has 216 valence electrons. The van der Waals surface area contributed by atoms with Crippen LogP contribution in [0.2, 0.25) is 0 Å². The Labute approximate surface area is 236 Å². The Morgan fingerprint density at radius 1 is 0.975 bits per heavy atom. The van der Waals surface area contributed by atoms with E-state index in [0.29, 0.717) is 10.5 Å². The lowest BCUT2D eigenvalue weighted by molar-refractivity contribution is -0.141. The molecular formula is C31H39NO7S. The van der Waals surface area contributed by atoms with Gasteiger partial charge in [-0.15, -0.1) is 0 Å². The Morgan fingerprint density at radius 3 is 2.12 bits per heavy atom. The number of alkyl carbamates (subject to hydrolysis) is 1. The van der Waals surface area contributed by atoms with Gasteiger partial charge in [-0.1, -0.05) is 24.3 Å². The topological polar surface area (TPSA) is 119 Å². The number of carbonyl (C=O) groups excluding carboxylic acids is 1. The quantitative estimate of drug-likeness (QED) is 0.410. The second-order valence-electron chi connectivity index (χ2n) is 12.9. The SMILES string of the molecule is CC(C)(C)OC(=O)NC(COCc1ccc(S(=O)(=O)c2cccc(C34CC5CC(CC(C5)C3)C4)c2)cc1)C(=O)O. The Bertz CT molecular complexity index is 1330. The van der Waals surface area contributed by atoms with E-state index in [0.717, 1.165) is 17.8 Å². The lowest BCUT2D eigenvalue weighted by Gasteiger charge is -2.57. The smallest absolute Gasteiger partial charge is 0.408 e. The van der Waals surface area contributed by atoms with E-state index in [9.17, 15) is 23.1 Å². The Kier molecular flexibility index (Phi) is 7.74. The van der Waals surface area contributed by atoms with Crippen molar-refractivity contribution < 1.29 is 32.6 Å². The molecule has 8 nitrogen and oxygen atoms in total. The highest BCUT2D eigenvalue weighted by Crippen LogP contribution is 2.60. The third-order valence-corrected chi connectivity index (χ3v) is 10.3. The number of amides is 1. The number of carboxylic acids is 1. The molecule has 4 bridgehead atoms. The molecule has 0 aliphatic heterocycles. The highest BCUT2D eigenvalue weighted by molar-refractivity contribution is 7.91. The van der Waals surface area contributed by atoms with Crippen LogP contribution in [0, 0.1) is 17.8 Å². The summed E-state index contributed by atoms with van der Waals surface area (Å²) in [6, 6.07) is 12.7. The van der Waals surface area contributed by atoms with Crippen LogP contribution in [0.1, 0.15) is 70.4 Å². The molecule has 1 amide bonds. The van der Waals surface area contributed by atoms with Crippen molar-refractivity contribution in [3.63, 3.8) is 0 Å². The van der Waals surface area contributed by atoms with Crippen LogP contribution in [-0.2, 0) is 36.1 Å². The summed E-state index contributed by atoms with van der Waals surface area (Å²) < 4.78 is 37.7. The molecule has 1 atom stereocenters. The summed E-state index contributed by atoms with van der Waals surface area (Å²) in [7, 11) is -3.70. The number of hydrogen-bond donors (Lipinski definition) is 2. The molecular weight excluding hydrogens is 530 g/mol. The molecule has 0 heterocycles. The molecule has 40 heavy (non-hydrogen) atoms. The number of ether oxygens (including phenoxy) is 2. The molecule has 2 aromatic rings. The molecule has 9 heteroatoms. The van der Waals surface area contributed by atoms with Gasteiger partial charge in [-0.25, -0.2) is 18.0 Å². The van der Waals surface area contributed by atoms with E-state index in [1.54, 1.807) is 51.1 Å². The largest absolute Gasteiger partial charge is 0.480 e. The van der Waals surface area contributed by atoms with Gasteiger partial charge in [0, 0.05) is 0 Å². The fourth-order valence-electron chi connectivity index (χ4n) is 7.28. The second kappa shape index (κ2) is 10.8. The van der Waals surface area contributed by atoms with Gasteiger partial charge in [0.25, 0.3) is 0 Å². The summed E-state index contributed by atoms with van der Waals surface area (Å²) in [5.41, 5.74) is 1.22. The summed E-state index contributed by atoms with van der Waals surface area (Å²) in [5.74, 6) is 1.09. The van der Waals surface area contributed by atoms with Gasteiger partial charge < -0.3 is 19.9 Å². The minimum absolute atomic E-state index is 0.0572. The van der Waals surface area contributed by atoms with E-state index < -0.39 is 33.5 Å². The number of hydrogen-bond acceptors (Lipinski definition) is 6. The number of benzene rings is 2. The first kappa shape index (κ1) is 28.6. The zero-order valence-electron chi connectivity index (χ0n) is 23.4. The van der Waals surface area contributed by atoms with Gasteiger partial charge in [0.2, 0.25) is 9.84 Å². The van der Waals surface area contributed by atoms with Crippen LogP contribution >= 0.6 is 0 Å². The van der Waals surface area contributed by atoms with Crippen molar-refractivity contribution in [2.75, 3.05) is 6.61 Å². The maximum Gasteiger partial charge on any atom is 0.408 e. The van der Waals surface area contributed by atoms with Gasteiger partial charge in [-0.2, -0.15) is 0 Å². The van der Waals surface area contributed by atoms with Gasteiger partial charge in [0.05, 0.1) is 23.0 Å². The number of sulfone groups is 1. The molecule has 4 aliphatic carbocycles. The van der Waals surface area contributed by atoms with E-state index in [1.807, 2.05) is 12.1 Å². The molecule has 4 saturated carbocycles. The average Bonchev–Trinajstić information content (AvgIpc) is 2.86. The molecule has 0 aromatic heterocycles. The second-order valence-corrected chi connectivity index (χ2v) is 14.9. The maximum atomic E-state index is 13.6. The van der Waals surface area contributed by atoms with E-state index >= 15 is 0 Å². The number of rotatable bonds is 9. The molecule has 4 aliphatic rings. The van der Waals surface area contributed by atoms with Crippen molar-refractivity contribution >= 4 is 21.9 Å². The van der Waals surface area contributed by atoms with Crippen molar-refractivity contribution in [2.45, 2.75) is 92.8 Å². The number of carboxylic acid groups (broad SMARTS) is 1. The first-order valence-corrected chi connectivity index (χ1v) is 15.6. The molecule has 2 N–H and O–H groups in total. The van der Waals surface area contributed by atoms with Crippen LogP contribution in [-0.4, -0.2) is 43.8 Å². The van der Waals surface area contributed by atoms with Crippen LogP contribution in [0.25, 0.3) is 0 Å². The normalized spacial score (nSPS) is 26.3. The summed E-state index contributed by atoms with van der Waals surface area (Å²) in [6.07, 6.45) is 6.69. The molecule has 4 fully saturated rings. The van der Waals surface area contributed by atoms with Crippen molar-refractivity contribution in [3.8, 4) is 0 Å². The lowest BCUT2D eigenvalue weighted by atomic mass is 9.48. The fourth-order valence-corrected chi connectivity index (χ4v) is 8.58. The summed E-state index contributed by atoms with van der Waals surface area (Å²) in [4.78, 5) is 24.0. The predicted octanol–water partition coefficient (Wildman–Crippen LogP) is 5.48. The van der Waals surface area contributed by atoms with Gasteiger partial charge >= 0.3 is 12.1 Å². The van der Waals surface area contributed by atoms with Crippen LogP contribution in [0.3, 0.4) is 0 Å². The molecule has 0 radical (unpaired) electrons. The van der Waals surface area contributed by atoms with Gasteiger partial charge in [-0.3, -0.25) is 0 Å². The molecule has 1 unspecified atom stereocenters. The zero-order valence-corrected chi connectivity index (χ0v) is 24.2. The number of nitrogens with one attached hydrogen (secondary N) is 1. The lowest BCUT2D eigenvalue weighted by Crippen LogP contribution is -2.48. The van der Waals surface area contributed by atoms with Gasteiger partial charge in [0.15, 0.2) is 6.04 Å². The fraction of sp³-hybridized carbons (Fsp3) is 0.548. The Balaban J connectivity index is 1.22. The van der Waals surface area contributed by atoms with Crippen molar-refractivity contribution in [3.05, 3.63) is 59.7 Å². The molecule has 0 spiro atoms.